The second-order valence-corrected chi connectivity index (χ2v) is 13.4. The minimum absolute atomic E-state index is 0.0453. The molecule has 0 aromatic carbocycles. The first-order valence-electron chi connectivity index (χ1n) is 17.5. The Kier molecular flexibility index (Phi) is 29.8. The molecule has 0 aliphatic rings. The van der Waals surface area contributed by atoms with E-state index in [0.717, 1.165) is 32.1 Å². The molecule has 4 atom stereocenters. The molecule has 0 radical (unpaired) electrons. The molecule has 260 valence electrons. The van der Waals surface area contributed by atoms with Crippen LogP contribution in [0.4, 0.5) is 0 Å². The molecule has 0 saturated carbocycles. The average molecular weight is 647 g/mol. The van der Waals surface area contributed by atoms with Crippen LogP contribution in [0.5, 0.6) is 0 Å². The summed E-state index contributed by atoms with van der Waals surface area (Å²) in [6.45, 7) is 3.86. The summed E-state index contributed by atoms with van der Waals surface area (Å²) in [5.41, 5.74) is 5.32. The first-order chi connectivity index (χ1) is 21.3. The Morgan fingerprint density at radius 3 is 1.89 bits per heavy atom. The topological polar surface area (TPSA) is 151 Å². The van der Waals surface area contributed by atoms with Crippen LogP contribution >= 0.6 is 7.82 Å². The summed E-state index contributed by atoms with van der Waals surface area (Å²) < 4.78 is 21.9. The Morgan fingerprint density at radius 2 is 1.30 bits per heavy atom. The summed E-state index contributed by atoms with van der Waals surface area (Å²) in [6.07, 6.45) is 28.5. The Hall–Kier alpha value is -1.06. The number of nitrogens with one attached hydrogen (secondary N) is 1. The highest BCUT2D eigenvalue weighted by Crippen LogP contribution is 2.43. The number of nitrogens with two attached hydrogens (primary N) is 1. The zero-order valence-electron chi connectivity index (χ0n) is 28.0. The van der Waals surface area contributed by atoms with Crippen LogP contribution in [0.3, 0.4) is 0 Å². The number of carbonyl (C=O) groups excluding carboxylic acids is 1. The molecule has 6 N–H and O–H groups in total. The largest absolute Gasteiger partial charge is 0.472 e. The molecule has 0 heterocycles. The smallest absolute Gasteiger partial charge is 0.393 e. The van der Waals surface area contributed by atoms with Crippen molar-refractivity contribution in [2.75, 3.05) is 19.8 Å². The van der Waals surface area contributed by atoms with Gasteiger partial charge in [0.25, 0.3) is 0 Å². The van der Waals surface area contributed by atoms with Crippen molar-refractivity contribution in [2.24, 2.45) is 5.73 Å². The number of phosphoric acid groups is 1. The Balaban J connectivity index is 4.46. The summed E-state index contributed by atoms with van der Waals surface area (Å²) in [5.74, 6) is -0.459. The van der Waals surface area contributed by atoms with Crippen LogP contribution in [0.2, 0.25) is 0 Å². The van der Waals surface area contributed by atoms with Gasteiger partial charge >= 0.3 is 7.82 Å². The van der Waals surface area contributed by atoms with E-state index < -0.39 is 38.6 Å². The quantitative estimate of drug-likeness (QED) is 0.0284. The predicted octanol–water partition coefficient (Wildman–Crippen LogP) is 7.63. The van der Waals surface area contributed by atoms with E-state index in [-0.39, 0.29) is 19.6 Å². The molecule has 9 nitrogen and oxygen atoms in total. The zero-order chi connectivity index (χ0) is 32.7. The highest BCUT2D eigenvalue weighted by molar-refractivity contribution is 7.47. The minimum atomic E-state index is -4.39. The average Bonchev–Trinajstić information content (AvgIpc) is 2.99. The maximum Gasteiger partial charge on any atom is 0.472 e. The molecule has 1 amide bonds. The SMILES string of the molecule is CCCCC/C=C/CC/C=C/C(O)C(COP(=O)(O)OCCN)NC(=O)CC(O)CCCCCCCCCCCCCCC. The molecule has 0 rings (SSSR count). The first kappa shape index (κ1) is 42.9. The number of phosphoric ester groups is 1. The fourth-order valence-electron chi connectivity index (χ4n) is 4.90. The number of carbonyl (C=O) groups is 1. The number of rotatable bonds is 32. The van der Waals surface area contributed by atoms with Gasteiger partial charge in [-0.05, 0) is 32.1 Å². The standard InChI is InChI=1S/C34H67N2O7P/c1-3-5-7-9-11-13-14-15-16-18-19-21-23-25-31(37)29-34(39)36-32(30-43-44(40,41)42-28-27-35)33(38)26-24-22-20-17-12-10-8-6-4-2/h12,17,24,26,31-33,37-38H,3-11,13-16,18-23,25,27-30,35H2,1-2H3,(H,36,39)(H,40,41)/b17-12+,26-24+. The van der Waals surface area contributed by atoms with E-state index in [0.29, 0.717) is 12.8 Å². The molecule has 0 saturated heterocycles. The van der Waals surface area contributed by atoms with Crippen molar-refractivity contribution in [3.05, 3.63) is 24.3 Å². The predicted molar refractivity (Wildman–Crippen MR) is 181 cm³/mol. The molecular weight excluding hydrogens is 579 g/mol. The van der Waals surface area contributed by atoms with E-state index in [9.17, 15) is 24.5 Å². The lowest BCUT2D eigenvalue weighted by Gasteiger charge is -2.24. The van der Waals surface area contributed by atoms with Crippen LogP contribution in [0.25, 0.3) is 0 Å². The number of unbranched alkanes of at least 4 members (excludes halogenated alkanes) is 16. The molecule has 0 spiro atoms. The van der Waals surface area contributed by atoms with Gasteiger partial charge in [-0.15, -0.1) is 0 Å². The zero-order valence-corrected chi connectivity index (χ0v) is 28.9. The summed E-state index contributed by atoms with van der Waals surface area (Å²) in [5, 5.41) is 23.8. The lowest BCUT2D eigenvalue weighted by atomic mass is 10.0. The molecule has 10 heteroatoms. The van der Waals surface area contributed by atoms with Crippen LogP contribution in [-0.2, 0) is 18.4 Å². The van der Waals surface area contributed by atoms with Gasteiger partial charge in [0, 0.05) is 6.54 Å². The minimum Gasteiger partial charge on any atom is -0.393 e. The van der Waals surface area contributed by atoms with Crippen LogP contribution in [-0.4, -0.2) is 59.0 Å². The van der Waals surface area contributed by atoms with Gasteiger partial charge in [-0.25, -0.2) is 4.57 Å². The van der Waals surface area contributed by atoms with E-state index in [2.05, 4.69) is 31.3 Å². The van der Waals surface area contributed by atoms with Crippen LogP contribution < -0.4 is 11.1 Å². The third-order valence-electron chi connectivity index (χ3n) is 7.58. The van der Waals surface area contributed by atoms with Crippen molar-refractivity contribution >= 4 is 13.7 Å². The summed E-state index contributed by atoms with van der Waals surface area (Å²) >= 11 is 0. The van der Waals surface area contributed by atoms with Gasteiger partial charge in [0.1, 0.15) is 0 Å². The lowest BCUT2D eigenvalue weighted by molar-refractivity contribution is -0.124. The molecule has 0 aliphatic heterocycles. The Labute approximate surface area is 269 Å². The van der Waals surface area contributed by atoms with Gasteiger partial charge in [0.05, 0.1) is 37.9 Å². The van der Waals surface area contributed by atoms with Crippen molar-refractivity contribution in [3.8, 4) is 0 Å². The van der Waals surface area contributed by atoms with Gasteiger partial charge < -0.3 is 26.2 Å². The monoisotopic (exact) mass is 646 g/mol. The molecule has 0 aromatic heterocycles. The number of hydrogen-bond donors (Lipinski definition) is 5. The molecule has 4 unspecified atom stereocenters. The number of aliphatic hydroxyl groups excluding tert-OH is 2. The second-order valence-electron chi connectivity index (χ2n) is 11.9. The molecule has 0 fully saturated rings. The van der Waals surface area contributed by atoms with Crippen LogP contribution in [0.15, 0.2) is 24.3 Å². The highest BCUT2D eigenvalue weighted by atomic mass is 31.2. The van der Waals surface area contributed by atoms with Gasteiger partial charge in [0.2, 0.25) is 5.91 Å². The fraction of sp³-hybridized carbons (Fsp3) is 0.853. The van der Waals surface area contributed by atoms with Gasteiger partial charge in [0.15, 0.2) is 0 Å². The maximum absolute atomic E-state index is 12.7. The third kappa shape index (κ3) is 28.4. The summed E-state index contributed by atoms with van der Waals surface area (Å²) in [7, 11) is -4.39. The maximum atomic E-state index is 12.7. The summed E-state index contributed by atoms with van der Waals surface area (Å²) in [4.78, 5) is 22.5. The molecule has 44 heavy (non-hydrogen) atoms. The van der Waals surface area contributed by atoms with Crippen molar-refractivity contribution in [3.63, 3.8) is 0 Å². The normalized spacial score (nSPS) is 15.5. The number of allylic oxidation sites excluding steroid dienone is 3. The van der Waals surface area contributed by atoms with E-state index in [4.69, 9.17) is 14.8 Å². The molecule has 0 aliphatic carbocycles. The van der Waals surface area contributed by atoms with E-state index in [1.165, 1.54) is 83.5 Å². The Morgan fingerprint density at radius 1 is 0.773 bits per heavy atom. The lowest BCUT2D eigenvalue weighted by Crippen LogP contribution is -2.46. The molecular formula is C34H67N2O7P. The third-order valence-corrected chi connectivity index (χ3v) is 8.57. The van der Waals surface area contributed by atoms with E-state index in [1.54, 1.807) is 6.08 Å². The van der Waals surface area contributed by atoms with Crippen LogP contribution in [0.1, 0.15) is 149 Å². The highest BCUT2D eigenvalue weighted by Gasteiger charge is 2.27. The van der Waals surface area contributed by atoms with E-state index >= 15 is 0 Å². The van der Waals surface area contributed by atoms with E-state index in [1.807, 2.05) is 6.08 Å². The molecule has 0 aromatic rings. The number of aliphatic hydroxyl groups is 2. The van der Waals surface area contributed by atoms with Crippen LogP contribution in [0, 0.1) is 0 Å². The number of hydrogen-bond acceptors (Lipinski definition) is 7. The van der Waals surface area contributed by atoms with Crippen molar-refractivity contribution in [1.82, 2.24) is 5.32 Å². The molecule has 0 bridgehead atoms. The number of amides is 1. The van der Waals surface area contributed by atoms with Gasteiger partial charge in [-0.1, -0.05) is 134 Å². The van der Waals surface area contributed by atoms with Crippen molar-refractivity contribution < 1.29 is 33.5 Å². The van der Waals surface area contributed by atoms with Crippen molar-refractivity contribution in [2.45, 2.75) is 167 Å². The van der Waals surface area contributed by atoms with Gasteiger partial charge in [-0.2, -0.15) is 0 Å². The van der Waals surface area contributed by atoms with Gasteiger partial charge in [-0.3, -0.25) is 13.8 Å². The fourth-order valence-corrected chi connectivity index (χ4v) is 5.65. The second kappa shape index (κ2) is 30.6. The first-order valence-corrected chi connectivity index (χ1v) is 19.0. The summed E-state index contributed by atoms with van der Waals surface area (Å²) in [6, 6.07) is -0.992. The van der Waals surface area contributed by atoms with Crippen molar-refractivity contribution in [1.29, 1.82) is 0 Å². The Bertz CT molecular complexity index is 766.